The van der Waals surface area contributed by atoms with E-state index in [0.29, 0.717) is 5.54 Å². The molecular weight excluding hydrogens is 170 g/mol. The summed E-state index contributed by atoms with van der Waals surface area (Å²) in [5, 5.41) is 3.67. The first-order valence-corrected chi connectivity index (χ1v) is 6.54. The van der Waals surface area contributed by atoms with E-state index in [1.807, 2.05) is 0 Å². The van der Waals surface area contributed by atoms with Gasteiger partial charge >= 0.3 is 0 Å². The Morgan fingerprint density at radius 3 is 2.57 bits per heavy atom. The number of hydrogen-bond acceptors (Lipinski definition) is 1. The molecule has 2 fully saturated rings. The summed E-state index contributed by atoms with van der Waals surface area (Å²) in [5.74, 6) is 1.06. The van der Waals surface area contributed by atoms with Gasteiger partial charge in [-0.3, -0.25) is 0 Å². The average Bonchev–Trinajstić information content (AvgIpc) is 2.65. The summed E-state index contributed by atoms with van der Waals surface area (Å²) in [6, 6.07) is 0. The molecule has 0 spiro atoms. The van der Waals surface area contributed by atoms with Crippen LogP contribution >= 0.6 is 0 Å². The number of nitrogens with one attached hydrogen (secondary N) is 1. The van der Waals surface area contributed by atoms with Crippen LogP contribution in [0.3, 0.4) is 0 Å². The van der Waals surface area contributed by atoms with Gasteiger partial charge in [-0.05, 0) is 45.1 Å². The van der Waals surface area contributed by atoms with Gasteiger partial charge in [0.05, 0.1) is 0 Å². The fourth-order valence-corrected chi connectivity index (χ4v) is 3.17. The molecule has 82 valence electrons. The smallest absolute Gasteiger partial charge is 0.0153 e. The molecule has 1 heterocycles. The molecular formula is C13H25N. The summed E-state index contributed by atoms with van der Waals surface area (Å²) < 4.78 is 0. The first kappa shape index (κ1) is 10.5. The van der Waals surface area contributed by atoms with Crippen LogP contribution in [0.1, 0.15) is 64.7 Å². The van der Waals surface area contributed by atoms with E-state index < -0.39 is 0 Å². The van der Waals surface area contributed by atoms with Gasteiger partial charge in [0.15, 0.2) is 0 Å². The molecule has 0 unspecified atom stereocenters. The van der Waals surface area contributed by atoms with Gasteiger partial charge in [-0.15, -0.1) is 0 Å². The first-order chi connectivity index (χ1) is 6.79. The number of hydrogen-bond donors (Lipinski definition) is 1. The molecule has 2 aliphatic rings. The zero-order chi connectivity index (χ0) is 9.86. The third-order valence-electron chi connectivity index (χ3n) is 4.29. The molecule has 1 aliphatic carbocycles. The van der Waals surface area contributed by atoms with Crippen molar-refractivity contribution >= 4 is 0 Å². The Morgan fingerprint density at radius 2 is 1.93 bits per heavy atom. The summed E-state index contributed by atoms with van der Waals surface area (Å²) in [5.41, 5.74) is 0.497. The second-order valence-corrected chi connectivity index (χ2v) is 5.63. The molecule has 1 nitrogen and oxygen atoms in total. The molecule has 0 radical (unpaired) electrons. The van der Waals surface area contributed by atoms with Crippen molar-refractivity contribution in [1.29, 1.82) is 0 Å². The zero-order valence-electron chi connectivity index (χ0n) is 9.65. The highest BCUT2D eigenvalue weighted by Crippen LogP contribution is 2.32. The highest BCUT2D eigenvalue weighted by molar-refractivity contribution is 4.89. The number of rotatable bonds is 3. The zero-order valence-corrected chi connectivity index (χ0v) is 9.65. The second-order valence-electron chi connectivity index (χ2n) is 5.63. The average molecular weight is 195 g/mol. The summed E-state index contributed by atoms with van der Waals surface area (Å²) in [4.78, 5) is 0. The van der Waals surface area contributed by atoms with Crippen LogP contribution in [0.15, 0.2) is 0 Å². The van der Waals surface area contributed by atoms with Crippen molar-refractivity contribution in [1.82, 2.24) is 5.32 Å². The van der Waals surface area contributed by atoms with Crippen molar-refractivity contribution in [3.63, 3.8) is 0 Å². The molecule has 0 aromatic carbocycles. The highest BCUT2D eigenvalue weighted by Gasteiger charge is 2.28. The van der Waals surface area contributed by atoms with Crippen LogP contribution in [0.25, 0.3) is 0 Å². The van der Waals surface area contributed by atoms with E-state index in [2.05, 4.69) is 12.2 Å². The van der Waals surface area contributed by atoms with Gasteiger partial charge in [-0.2, -0.15) is 0 Å². The molecule has 1 N–H and O–H groups in total. The quantitative estimate of drug-likeness (QED) is 0.727. The minimum absolute atomic E-state index is 0.497. The van der Waals surface area contributed by atoms with E-state index in [4.69, 9.17) is 0 Å². The van der Waals surface area contributed by atoms with Gasteiger partial charge in [0.1, 0.15) is 0 Å². The molecule has 1 saturated heterocycles. The lowest BCUT2D eigenvalue weighted by atomic mass is 9.82. The standard InChI is InChI=1S/C13H25N/c1-13(9-5-11-14-13)10-8-12-6-3-2-4-7-12/h12,14H,2-11H2,1H3/t13-/m1/s1. The Balaban J connectivity index is 1.70. The van der Waals surface area contributed by atoms with Gasteiger partial charge in [0, 0.05) is 5.54 Å². The summed E-state index contributed by atoms with van der Waals surface area (Å²) >= 11 is 0. The van der Waals surface area contributed by atoms with Gasteiger partial charge in [-0.1, -0.05) is 32.1 Å². The van der Waals surface area contributed by atoms with Crippen LogP contribution in [0.4, 0.5) is 0 Å². The van der Waals surface area contributed by atoms with Crippen LogP contribution in [0.2, 0.25) is 0 Å². The topological polar surface area (TPSA) is 12.0 Å². The SMILES string of the molecule is C[C@]1(CCC2CCCCC2)CCCN1. The van der Waals surface area contributed by atoms with Crippen LogP contribution in [-0.2, 0) is 0 Å². The fourth-order valence-electron chi connectivity index (χ4n) is 3.17. The molecule has 14 heavy (non-hydrogen) atoms. The molecule has 0 aromatic heterocycles. The van der Waals surface area contributed by atoms with Crippen molar-refractivity contribution in [3.05, 3.63) is 0 Å². The van der Waals surface area contributed by atoms with Crippen LogP contribution in [0, 0.1) is 5.92 Å². The Bertz CT molecular complexity index is 164. The van der Waals surface area contributed by atoms with Crippen LogP contribution in [-0.4, -0.2) is 12.1 Å². The fraction of sp³-hybridized carbons (Fsp3) is 1.00. The van der Waals surface area contributed by atoms with Gasteiger partial charge in [0.2, 0.25) is 0 Å². The van der Waals surface area contributed by atoms with Crippen LogP contribution < -0.4 is 5.32 Å². The summed E-state index contributed by atoms with van der Waals surface area (Å²) in [6.45, 7) is 3.67. The van der Waals surface area contributed by atoms with Crippen molar-refractivity contribution in [3.8, 4) is 0 Å². The van der Waals surface area contributed by atoms with E-state index in [1.165, 1.54) is 64.3 Å². The van der Waals surface area contributed by atoms with E-state index in [-0.39, 0.29) is 0 Å². The highest BCUT2D eigenvalue weighted by atomic mass is 15.0. The lowest BCUT2D eigenvalue weighted by molar-refractivity contribution is 0.282. The largest absolute Gasteiger partial charge is 0.312 e. The van der Waals surface area contributed by atoms with Gasteiger partial charge < -0.3 is 5.32 Å². The first-order valence-electron chi connectivity index (χ1n) is 6.54. The molecule has 1 atom stereocenters. The van der Waals surface area contributed by atoms with Crippen molar-refractivity contribution < 1.29 is 0 Å². The molecule has 1 saturated carbocycles. The van der Waals surface area contributed by atoms with E-state index in [0.717, 1.165) is 5.92 Å². The maximum atomic E-state index is 3.67. The molecule has 0 amide bonds. The lowest BCUT2D eigenvalue weighted by Crippen LogP contribution is -2.36. The predicted octanol–water partition coefficient (Wildman–Crippen LogP) is 3.49. The van der Waals surface area contributed by atoms with Crippen molar-refractivity contribution in [2.45, 2.75) is 70.3 Å². The Kier molecular flexibility index (Phi) is 3.48. The third kappa shape index (κ3) is 2.73. The van der Waals surface area contributed by atoms with Crippen molar-refractivity contribution in [2.75, 3.05) is 6.54 Å². The summed E-state index contributed by atoms with van der Waals surface area (Å²) in [6.07, 6.45) is 13.2. The monoisotopic (exact) mass is 195 g/mol. The predicted molar refractivity (Wildman–Crippen MR) is 61.5 cm³/mol. The molecule has 0 bridgehead atoms. The Hall–Kier alpha value is -0.0400. The third-order valence-corrected chi connectivity index (χ3v) is 4.29. The molecule has 2 rings (SSSR count). The molecule has 1 aliphatic heterocycles. The maximum Gasteiger partial charge on any atom is 0.0153 e. The summed E-state index contributed by atoms with van der Waals surface area (Å²) in [7, 11) is 0. The maximum absolute atomic E-state index is 3.67. The van der Waals surface area contributed by atoms with Crippen molar-refractivity contribution in [2.24, 2.45) is 5.92 Å². The lowest BCUT2D eigenvalue weighted by Gasteiger charge is -2.28. The van der Waals surface area contributed by atoms with E-state index in [9.17, 15) is 0 Å². The van der Waals surface area contributed by atoms with Gasteiger partial charge in [-0.25, -0.2) is 0 Å². The molecule has 1 heteroatoms. The van der Waals surface area contributed by atoms with E-state index in [1.54, 1.807) is 0 Å². The Labute approximate surface area is 88.7 Å². The normalized spacial score (nSPS) is 34.9. The second kappa shape index (κ2) is 4.65. The minimum atomic E-state index is 0.497. The minimum Gasteiger partial charge on any atom is -0.312 e. The van der Waals surface area contributed by atoms with Gasteiger partial charge in [0.25, 0.3) is 0 Å². The van der Waals surface area contributed by atoms with E-state index >= 15 is 0 Å². The van der Waals surface area contributed by atoms with Crippen LogP contribution in [0.5, 0.6) is 0 Å². The molecule has 0 aromatic rings. The Morgan fingerprint density at radius 1 is 1.14 bits per heavy atom.